The molecule has 3 aromatic rings. The summed E-state index contributed by atoms with van der Waals surface area (Å²) in [5.74, 6) is 2.65. The van der Waals surface area contributed by atoms with Crippen molar-refractivity contribution >= 4 is 23.2 Å². The van der Waals surface area contributed by atoms with Gasteiger partial charge in [-0.2, -0.15) is 5.10 Å². The number of aromatic nitrogens is 5. The molecule has 0 bridgehead atoms. The fourth-order valence-electron chi connectivity index (χ4n) is 2.90. The lowest BCUT2D eigenvalue weighted by Crippen LogP contribution is -2.47. The highest BCUT2D eigenvalue weighted by atomic mass is 35.5. The van der Waals surface area contributed by atoms with E-state index in [2.05, 4.69) is 29.9 Å². The van der Waals surface area contributed by atoms with E-state index in [1.54, 1.807) is 17.2 Å². The van der Waals surface area contributed by atoms with Gasteiger partial charge >= 0.3 is 0 Å². The number of halogens is 1. The Labute approximate surface area is 150 Å². The summed E-state index contributed by atoms with van der Waals surface area (Å²) >= 11 is 5.91. The highest BCUT2D eigenvalue weighted by Gasteiger charge is 2.19. The molecule has 1 fully saturated rings. The molecule has 3 aromatic heterocycles. The normalized spacial score (nSPS) is 14.8. The molecule has 7 nitrogen and oxygen atoms in total. The first-order chi connectivity index (χ1) is 12.2. The number of piperazine rings is 1. The van der Waals surface area contributed by atoms with Gasteiger partial charge in [0.25, 0.3) is 0 Å². The Morgan fingerprint density at radius 2 is 1.60 bits per heavy atom. The highest BCUT2D eigenvalue weighted by molar-refractivity contribution is 6.30. The molecule has 128 valence electrons. The maximum absolute atomic E-state index is 5.91. The Morgan fingerprint density at radius 1 is 0.880 bits per heavy atom. The molecule has 0 unspecified atom stereocenters. The summed E-state index contributed by atoms with van der Waals surface area (Å²) < 4.78 is 1.77. The van der Waals surface area contributed by atoms with Crippen LogP contribution in [-0.4, -0.2) is 50.9 Å². The van der Waals surface area contributed by atoms with Gasteiger partial charge in [0.05, 0.1) is 10.7 Å². The molecule has 4 heterocycles. The minimum absolute atomic E-state index is 0.657. The van der Waals surface area contributed by atoms with Crippen molar-refractivity contribution in [1.82, 2.24) is 24.7 Å². The monoisotopic (exact) mass is 355 g/mol. The number of hydrogen-bond donors (Lipinski definition) is 0. The van der Waals surface area contributed by atoms with Crippen LogP contribution in [0.15, 0.2) is 43.0 Å². The number of nitrogens with zero attached hydrogens (tertiary/aromatic N) is 7. The SMILES string of the molecule is Cc1ccn(-c2cc(N3CCN(c4ccc(Cl)cn4)CC3)ncn2)n1. The van der Waals surface area contributed by atoms with E-state index in [9.17, 15) is 0 Å². The number of aryl methyl sites for hydroxylation is 1. The molecule has 0 aromatic carbocycles. The number of hydrogen-bond acceptors (Lipinski definition) is 6. The summed E-state index contributed by atoms with van der Waals surface area (Å²) in [7, 11) is 0. The van der Waals surface area contributed by atoms with E-state index in [0.29, 0.717) is 5.02 Å². The average molecular weight is 356 g/mol. The predicted molar refractivity (Wildman–Crippen MR) is 97.6 cm³/mol. The fourth-order valence-corrected chi connectivity index (χ4v) is 3.01. The third-order valence-electron chi connectivity index (χ3n) is 4.23. The fraction of sp³-hybridized carbons (Fsp3) is 0.294. The lowest BCUT2D eigenvalue weighted by atomic mass is 10.3. The van der Waals surface area contributed by atoms with Crippen LogP contribution in [-0.2, 0) is 0 Å². The van der Waals surface area contributed by atoms with Gasteiger partial charge in [0.15, 0.2) is 5.82 Å². The lowest BCUT2D eigenvalue weighted by molar-refractivity contribution is 0.640. The molecule has 25 heavy (non-hydrogen) atoms. The highest BCUT2D eigenvalue weighted by Crippen LogP contribution is 2.19. The molecule has 0 aliphatic carbocycles. The second kappa shape index (κ2) is 6.68. The molecule has 8 heteroatoms. The van der Waals surface area contributed by atoms with E-state index in [-0.39, 0.29) is 0 Å². The van der Waals surface area contributed by atoms with Crippen molar-refractivity contribution in [3.05, 3.63) is 53.7 Å². The molecular weight excluding hydrogens is 338 g/mol. The van der Waals surface area contributed by atoms with Crippen molar-refractivity contribution in [3.63, 3.8) is 0 Å². The molecule has 1 saturated heterocycles. The van der Waals surface area contributed by atoms with E-state index in [0.717, 1.165) is 49.3 Å². The molecule has 0 atom stereocenters. The topological polar surface area (TPSA) is 63.0 Å². The van der Waals surface area contributed by atoms with Crippen LogP contribution < -0.4 is 9.80 Å². The minimum Gasteiger partial charge on any atom is -0.353 e. The first-order valence-electron chi connectivity index (χ1n) is 8.15. The van der Waals surface area contributed by atoms with E-state index >= 15 is 0 Å². The largest absolute Gasteiger partial charge is 0.353 e. The van der Waals surface area contributed by atoms with Crippen LogP contribution in [0.25, 0.3) is 5.82 Å². The van der Waals surface area contributed by atoms with Gasteiger partial charge in [-0.3, -0.25) is 0 Å². The molecule has 0 saturated carbocycles. The van der Waals surface area contributed by atoms with Gasteiger partial charge in [-0.05, 0) is 25.1 Å². The van der Waals surface area contributed by atoms with Crippen molar-refractivity contribution in [2.24, 2.45) is 0 Å². The van der Waals surface area contributed by atoms with E-state index in [1.165, 1.54) is 0 Å². The minimum atomic E-state index is 0.657. The molecule has 0 amide bonds. The van der Waals surface area contributed by atoms with Crippen molar-refractivity contribution in [1.29, 1.82) is 0 Å². The lowest BCUT2D eigenvalue weighted by Gasteiger charge is -2.36. The molecule has 4 rings (SSSR count). The van der Waals surface area contributed by atoms with Gasteiger partial charge in [0.1, 0.15) is 18.0 Å². The second-order valence-electron chi connectivity index (χ2n) is 5.94. The van der Waals surface area contributed by atoms with Gasteiger partial charge < -0.3 is 9.80 Å². The Morgan fingerprint density at radius 3 is 2.24 bits per heavy atom. The van der Waals surface area contributed by atoms with Crippen molar-refractivity contribution in [2.75, 3.05) is 36.0 Å². The zero-order valence-electron chi connectivity index (χ0n) is 13.9. The number of rotatable bonds is 3. The van der Waals surface area contributed by atoms with Gasteiger partial charge in [-0.15, -0.1) is 0 Å². The molecule has 1 aliphatic heterocycles. The molecule has 0 radical (unpaired) electrons. The zero-order chi connectivity index (χ0) is 17.2. The van der Waals surface area contributed by atoms with E-state index in [4.69, 9.17) is 11.6 Å². The molecule has 0 N–H and O–H groups in total. The number of pyridine rings is 1. The maximum Gasteiger partial charge on any atom is 0.158 e. The summed E-state index contributed by atoms with van der Waals surface area (Å²) in [5.41, 5.74) is 0.962. The molecule has 1 aliphatic rings. The van der Waals surface area contributed by atoms with Gasteiger partial charge in [-0.1, -0.05) is 11.6 Å². The third kappa shape index (κ3) is 3.41. The Kier molecular flexibility index (Phi) is 4.23. The predicted octanol–water partition coefficient (Wildman–Crippen LogP) is 2.35. The average Bonchev–Trinajstić information content (AvgIpc) is 3.09. The summed E-state index contributed by atoms with van der Waals surface area (Å²) in [6.07, 6.45) is 5.19. The second-order valence-corrected chi connectivity index (χ2v) is 6.38. The van der Waals surface area contributed by atoms with E-state index in [1.807, 2.05) is 37.4 Å². The van der Waals surface area contributed by atoms with Crippen LogP contribution in [0.2, 0.25) is 5.02 Å². The van der Waals surface area contributed by atoms with Gasteiger partial charge in [-0.25, -0.2) is 19.6 Å². The Bertz CT molecular complexity index is 853. The summed E-state index contributed by atoms with van der Waals surface area (Å²) in [5, 5.41) is 5.06. The Balaban J connectivity index is 1.46. The van der Waals surface area contributed by atoms with Crippen LogP contribution in [0.3, 0.4) is 0 Å². The number of anilines is 2. The third-order valence-corrected chi connectivity index (χ3v) is 4.46. The first kappa shape index (κ1) is 15.8. The molecule has 0 spiro atoms. The van der Waals surface area contributed by atoms with Crippen molar-refractivity contribution in [3.8, 4) is 5.82 Å². The van der Waals surface area contributed by atoms with Crippen LogP contribution in [0.4, 0.5) is 11.6 Å². The van der Waals surface area contributed by atoms with Crippen molar-refractivity contribution in [2.45, 2.75) is 6.92 Å². The zero-order valence-corrected chi connectivity index (χ0v) is 14.6. The smallest absolute Gasteiger partial charge is 0.158 e. The molecular formula is C17H18ClN7. The standard InChI is InChI=1S/C17H18ClN7/c1-13-4-5-25(22-13)17-10-16(20-12-21-17)24-8-6-23(7-9-24)15-3-2-14(18)11-19-15/h2-5,10-12H,6-9H2,1H3. The van der Waals surface area contributed by atoms with Gasteiger partial charge in [0, 0.05) is 44.6 Å². The first-order valence-corrected chi connectivity index (χ1v) is 8.53. The van der Waals surface area contributed by atoms with Gasteiger partial charge in [0.2, 0.25) is 0 Å². The summed E-state index contributed by atoms with van der Waals surface area (Å²) in [4.78, 5) is 17.7. The maximum atomic E-state index is 5.91. The van der Waals surface area contributed by atoms with Crippen LogP contribution in [0.5, 0.6) is 0 Å². The Hall–Kier alpha value is -2.67. The quantitative estimate of drug-likeness (QED) is 0.718. The van der Waals surface area contributed by atoms with Crippen molar-refractivity contribution < 1.29 is 0 Å². The van der Waals surface area contributed by atoms with Crippen LogP contribution in [0.1, 0.15) is 5.69 Å². The van der Waals surface area contributed by atoms with Crippen LogP contribution in [0, 0.1) is 6.92 Å². The summed E-state index contributed by atoms with van der Waals surface area (Å²) in [6, 6.07) is 7.77. The summed E-state index contributed by atoms with van der Waals surface area (Å²) in [6.45, 7) is 5.48. The van der Waals surface area contributed by atoms with E-state index < -0.39 is 0 Å². The van der Waals surface area contributed by atoms with Crippen LogP contribution >= 0.6 is 11.6 Å².